The van der Waals surface area contributed by atoms with Gasteiger partial charge in [-0.1, -0.05) is 111 Å². The van der Waals surface area contributed by atoms with Gasteiger partial charge in [-0.25, -0.2) is 0 Å². The Labute approximate surface area is 189 Å². The monoisotopic (exact) mass is 425 g/mol. The average Bonchev–Trinajstić information content (AvgIpc) is 2.75. The molecule has 0 bridgehead atoms. The summed E-state index contributed by atoms with van der Waals surface area (Å²) < 4.78 is 0. The fourth-order valence-electron chi connectivity index (χ4n) is 4.27. The van der Waals surface area contributed by atoms with E-state index < -0.39 is 0 Å². The molecule has 0 spiro atoms. The largest absolute Gasteiger partial charge is 0.358 e. The zero-order valence-electron chi connectivity index (χ0n) is 21.2. The highest BCUT2D eigenvalue weighted by Crippen LogP contribution is 2.15. The molecule has 0 aliphatic rings. The molecule has 1 unspecified atom stereocenters. The van der Waals surface area contributed by atoms with Gasteiger partial charge in [-0.15, -0.1) is 0 Å². The molecule has 0 heterocycles. The first-order chi connectivity index (χ1) is 14.7. The SMILES string of the molecule is CCCCCCCCCCN(CCCCCCCCCC)C(=O)C(C)CCCC[NH3+]. The Balaban J connectivity index is 4.16. The fourth-order valence-corrected chi connectivity index (χ4v) is 4.27. The lowest BCUT2D eigenvalue weighted by Gasteiger charge is -2.26. The van der Waals surface area contributed by atoms with Crippen LogP contribution in [0.5, 0.6) is 0 Å². The molecule has 30 heavy (non-hydrogen) atoms. The van der Waals surface area contributed by atoms with Gasteiger partial charge >= 0.3 is 0 Å². The number of nitrogens with zero attached hydrogens (tertiary/aromatic N) is 1. The summed E-state index contributed by atoms with van der Waals surface area (Å²) in [4.78, 5) is 15.2. The molecule has 0 rings (SSSR count). The van der Waals surface area contributed by atoms with Crippen molar-refractivity contribution in [3.05, 3.63) is 0 Å². The highest BCUT2D eigenvalue weighted by atomic mass is 16.2. The van der Waals surface area contributed by atoms with Crippen LogP contribution in [0.4, 0.5) is 0 Å². The Hall–Kier alpha value is -0.570. The molecule has 3 nitrogen and oxygen atoms in total. The quantitative estimate of drug-likeness (QED) is 0.174. The van der Waals surface area contributed by atoms with E-state index in [-0.39, 0.29) is 5.92 Å². The second-order valence-electron chi connectivity index (χ2n) is 9.53. The van der Waals surface area contributed by atoms with Gasteiger partial charge in [0.25, 0.3) is 0 Å². The summed E-state index contributed by atoms with van der Waals surface area (Å²) >= 11 is 0. The second-order valence-corrected chi connectivity index (χ2v) is 9.53. The van der Waals surface area contributed by atoms with Crippen molar-refractivity contribution >= 4 is 5.91 Å². The van der Waals surface area contributed by atoms with E-state index in [1.165, 1.54) is 103 Å². The van der Waals surface area contributed by atoms with Gasteiger partial charge in [0.1, 0.15) is 0 Å². The van der Waals surface area contributed by atoms with Gasteiger partial charge in [-0.3, -0.25) is 4.79 Å². The lowest BCUT2D eigenvalue weighted by atomic mass is 10.0. The lowest BCUT2D eigenvalue weighted by Crippen LogP contribution is -2.50. The van der Waals surface area contributed by atoms with E-state index in [0.717, 1.165) is 38.9 Å². The molecule has 0 aromatic rings. The van der Waals surface area contributed by atoms with Crippen molar-refractivity contribution in [2.24, 2.45) is 5.92 Å². The number of hydrogen-bond acceptors (Lipinski definition) is 1. The molecule has 0 fully saturated rings. The minimum atomic E-state index is 0.180. The number of quaternary nitrogens is 1. The van der Waals surface area contributed by atoms with Crippen LogP contribution in [0.2, 0.25) is 0 Å². The Morgan fingerprint density at radius 2 is 1.03 bits per heavy atom. The van der Waals surface area contributed by atoms with Crippen molar-refractivity contribution < 1.29 is 10.5 Å². The van der Waals surface area contributed by atoms with E-state index >= 15 is 0 Å². The molecule has 0 aliphatic heterocycles. The Kier molecular flexibility index (Phi) is 22.7. The summed E-state index contributed by atoms with van der Waals surface area (Å²) in [5.41, 5.74) is 3.93. The summed E-state index contributed by atoms with van der Waals surface area (Å²) in [6.45, 7) is 9.63. The number of amides is 1. The molecule has 0 saturated heterocycles. The molecule has 180 valence electrons. The maximum Gasteiger partial charge on any atom is 0.225 e. The van der Waals surface area contributed by atoms with Crippen LogP contribution < -0.4 is 5.73 Å². The molecule has 1 atom stereocenters. The summed E-state index contributed by atoms with van der Waals surface area (Å²) in [6.07, 6.45) is 24.6. The third-order valence-corrected chi connectivity index (χ3v) is 6.43. The molecule has 3 heteroatoms. The van der Waals surface area contributed by atoms with Crippen molar-refractivity contribution in [1.82, 2.24) is 4.90 Å². The van der Waals surface area contributed by atoms with Crippen molar-refractivity contribution in [1.29, 1.82) is 0 Å². The van der Waals surface area contributed by atoms with Gasteiger partial charge in [0.05, 0.1) is 6.54 Å². The predicted molar refractivity (Wildman–Crippen MR) is 133 cm³/mol. The van der Waals surface area contributed by atoms with Crippen LogP contribution in [0.15, 0.2) is 0 Å². The van der Waals surface area contributed by atoms with E-state index in [4.69, 9.17) is 0 Å². The first-order valence-electron chi connectivity index (χ1n) is 13.7. The number of unbranched alkanes of at least 4 members (excludes halogenated alkanes) is 15. The molecule has 0 saturated carbocycles. The highest BCUT2D eigenvalue weighted by molar-refractivity contribution is 5.78. The van der Waals surface area contributed by atoms with E-state index in [0.29, 0.717) is 5.91 Å². The van der Waals surface area contributed by atoms with Crippen molar-refractivity contribution in [3.63, 3.8) is 0 Å². The predicted octanol–water partition coefficient (Wildman–Crippen LogP) is 7.14. The van der Waals surface area contributed by atoms with Gasteiger partial charge < -0.3 is 10.6 Å². The van der Waals surface area contributed by atoms with Crippen LogP contribution >= 0.6 is 0 Å². The Morgan fingerprint density at radius 3 is 1.43 bits per heavy atom. The first-order valence-corrected chi connectivity index (χ1v) is 13.7. The third-order valence-electron chi connectivity index (χ3n) is 6.43. The number of hydrogen-bond donors (Lipinski definition) is 1. The zero-order valence-corrected chi connectivity index (χ0v) is 21.2. The van der Waals surface area contributed by atoms with Crippen LogP contribution in [-0.4, -0.2) is 30.4 Å². The molecule has 0 aliphatic carbocycles. The minimum absolute atomic E-state index is 0.180. The summed E-state index contributed by atoms with van der Waals surface area (Å²) in [6, 6.07) is 0. The first kappa shape index (κ1) is 29.4. The molecule has 0 aromatic carbocycles. The van der Waals surface area contributed by atoms with Gasteiger partial charge in [-0.05, 0) is 32.1 Å². The maximum absolute atomic E-state index is 13.0. The minimum Gasteiger partial charge on any atom is -0.358 e. The average molecular weight is 426 g/mol. The van der Waals surface area contributed by atoms with E-state index in [2.05, 4.69) is 31.4 Å². The zero-order chi connectivity index (χ0) is 22.3. The van der Waals surface area contributed by atoms with Crippen LogP contribution in [0.1, 0.15) is 143 Å². The van der Waals surface area contributed by atoms with E-state index in [9.17, 15) is 4.79 Å². The molecule has 0 radical (unpaired) electrons. The van der Waals surface area contributed by atoms with Crippen LogP contribution in [0, 0.1) is 5.92 Å². The van der Waals surface area contributed by atoms with E-state index in [1.807, 2.05) is 0 Å². The van der Waals surface area contributed by atoms with Crippen LogP contribution in [0.3, 0.4) is 0 Å². The summed E-state index contributed by atoms with van der Waals surface area (Å²) in [5.74, 6) is 0.588. The van der Waals surface area contributed by atoms with Gasteiger partial charge in [-0.2, -0.15) is 0 Å². The molecule has 3 N–H and O–H groups in total. The Bertz CT molecular complexity index is 339. The van der Waals surface area contributed by atoms with E-state index in [1.54, 1.807) is 0 Å². The van der Waals surface area contributed by atoms with Crippen molar-refractivity contribution in [2.75, 3.05) is 19.6 Å². The fraction of sp³-hybridized carbons (Fsp3) is 0.963. The number of carbonyl (C=O) groups excluding carboxylic acids is 1. The van der Waals surface area contributed by atoms with Gasteiger partial charge in [0, 0.05) is 19.0 Å². The molecular formula is C27H57N2O+. The number of rotatable bonds is 23. The van der Waals surface area contributed by atoms with Crippen LogP contribution in [0.25, 0.3) is 0 Å². The van der Waals surface area contributed by atoms with Gasteiger partial charge in [0.2, 0.25) is 5.91 Å². The normalized spacial score (nSPS) is 12.3. The van der Waals surface area contributed by atoms with Gasteiger partial charge in [0.15, 0.2) is 0 Å². The molecule has 1 amide bonds. The van der Waals surface area contributed by atoms with Crippen LogP contribution in [-0.2, 0) is 4.79 Å². The summed E-state index contributed by atoms with van der Waals surface area (Å²) in [5, 5.41) is 0. The smallest absolute Gasteiger partial charge is 0.225 e. The lowest BCUT2D eigenvalue weighted by molar-refractivity contribution is -0.368. The maximum atomic E-state index is 13.0. The molecule has 0 aromatic heterocycles. The highest BCUT2D eigenvalue weighted by Gasteiger charge is 2.19. The summed E-state index contributed by atoms with van der Waals surface area (Å²) in [7, 11) is 0. The number of carbonyl (C=O) groups is 1. The topological polar surface area (TPSA) is 48.0 Å². The standard InChI is InChI=1S/C27H56N2O/c1-4-6-8-10-12-14-16-20-24-29(27(30)26(3)22-18-19-23-28)25-21-17-15-13-11-9-7-5-2/h26H,4-25,28H2,1-3H3/p+1. The van der Waals surface area contributed by atoms with Crippen molar-refractivity contribution in [3.8, 4) is 0 Å². The molecular weight excluding hydrogens is 368 g/mol. The Morgan fingerprint density at radius 1 is 0.633 bits per heavy atom. The second kappa shape index (κ2) is 23.1. The van der Waals surface area contributed by atoms with Crippen molar-refractivity contribution in [2.45, 2.75) is 143 Å². The third kappa shape index (κ3) is 18.2.